The zero-order valence-electron chi connectivity index (χ0n) is 26.6. The highest BCUT2D eigenvalue weighted by Gasteiger charge is 2.49. The van der Waals surface area contributed by atoms with E-state index in [-0.39, 0.29) is 5.41 Å². The van der Waals surface area contributed by atoms with Crippen molar-refractivity contribution in [2.75, 3.05) is 26.0 Å². The molecule has 0 atom stereocenters. The summed E-state index contributed by atoms with van der Waals surface area (Å²) < 4.78 is 17.7. The van der Waals surface area contributed by atoms with Crippen LogP contribution in [0.2, 0.25) is 0 Å². The molecular weight excluding hydrogens is 547 g/mol. The molecule has 3 aliphatic rings. The molecule has 3 heterocycles. The Bertz CT molecular complexity index is 1060. The number of ether oxygens (including phenoxy) is 3. The van der Waals surface area contributed by atoms with E-state index in [4.69, 9.17) is 14.2 Å². The average molecular weight is 602 g/mol. The Kier molecular flexibility index (Phi) is 12.3. The Morgan fingerprint density at radius 1 is 0.465 bits per heavy atom. The number of hydrogen-bond donors (Lipinski definition) is 0. The molecule has 4 heteroatoms. The van der Waals surface area contributed by atoms with Crippen LogP contribution in [0.4, 0.5) is 0 Å². The number of rotatable bonds is 19. The van der Waals surface area contributed by atoms with Gasteiger partial charge in [0.1, 0.15) is 23.2 Å². The maximum absolute atomic E-state index is 5.91. The molecule has 3 aromatic carbocycles. The van der Waals surface area contributed by atoms with Gasteiger partial charge >= 0.3 is 0 Å². The lowest BCUT2D eigenvalue weighted by Gasteiger charge is -2.50. The first kappa shape index (κ1) is 32.4. The molecule has 0 N–H and O–H groups in total. The van der Waals surface area contributed by atoms with Crippen LogP contribution in [0.25, 0.3) is 0 Å². The summed E-state index contributed by atoms with van der Waals surface area (Å²) in [5.41, 5.74) is 0.0591. The summed E-state index contributed by atoms with van der Waals surface area (Å²) in [6.07, 6.45) is 19.4. The molecule has 0 aromatic heterocycles. The minimum absolute atomic E-state index is 0.0591. The molecule has 0 aliphatic carbocycles. The monoisotopic (exact) mass is 601 g/mol. The normalized spacial score (nSPS) is 21.7. The van der Waals surface area contributed by atoms with Crippen molar-refractivity contribution in [3.05, 3.63) is 91.0 Å². The molecular formula is C39H54O3P+. The number of hydrogen-bond acceptors (Lipinski definition) is 3. The lowest BCUT2D eigenvalue weighted by Crippen LogP contribution is -2.58. The van der Waals surface area contributed by atoms with E-state index >= 15 is 0 Å². The molecule has 0 amide bonds. The third-order valence-corrected chi connectivity index (χ3v) is 14.0. The largest absolute Gasteiger partial charge is 0.327 e. The SMILES string of the molecule is CC12COC(CCCCCCCCCCCCCCC[P+](c3ccccc3)(c3ccccc3)c3ccccc3)(OC1)OC2. The van der Waals surface area contributed by atoms with Crippen LogP contribution >= 0.6 is 7.26 Å². The third-order valence-electron chi connectivity index (χ3n) is 9.49. The van der Waals surface area contributed by atoms with E-state index in [2.05, 4.69) is 97.9 Å². The van der Waals surface area contributed by atoms with Crippen LogP contribution in [-0.4, -0.2) is 32.0 Å². The third kappa shape index (κ3) is 8.79. The molecule has 0 unspecified atom stereocenters. The van der Waals surface area contributed by atoms with Crippen LogP contribution in [-0.2, 0) is 14.2 Å². The van der Waals surface area contributed by atoms with E-state index in [9.17, 15) is 0 Å². The van der Waals surface area contributed by atoms with Crippen LogP contribution in [0.15, 0.2) is 91.0 Å². The molecule has 0 spiro atoms. The summed E-state index contributed by atoms with van der Waals surface area (Å²) in [4.78, 5) is 0. The van der Waals surface area contributed by atoms with Crippen molar-refractivity contribution in [3.63, 3.8) is 0 Å². The summed E-state index contributed by atoms with van der Waals surface area (Å²) in [7, 11) is -1.67. The van der Waals surface area contributed by atoms with E-state index in [0.29, 0.717) is 0 Å². The van der Waals surface area contributed by atoms with Gasteiger partial charge in [0.2, 0.25) is 0 Å². The summed E-state index contributed by atoms with van der Waals surface area (Å²) >= 11 is 0. The Morgan fingerprint density at radius 3 is 1.16 bits per heavy atom. The van der Waals surface area contributed by atoms with Gasteiger partial charge in [-0.05, 0) is 55.7 Å². The predicted octanol–water partition coefficient (Wildman–Crippen LogP) is 9.18. The molecule has 3 saturated heterocycles. The quantitative estimate of drug-likeness (QED) is 0.101. The minimum Gasteiger partial charge on any atom is -0.327 e. The highest BCUT2D eigenvalue weighted by Crippen LogP contribution is 2.56. The van der Waals surface area contributed by atoms with Crippen molar-refractivity contribution in [1.82, 2.24) is 0 Å². The second kappa shape index (κ2) is 16.3. The maximum Gasteiger partial charge on any atom is 0.282 e. The van der Waals surface area contributed by atoms with Crippen LogP contribution < -0.4 is 15.9 Å². The Hall–Kier alpha value is -2.03. The zero-order valence-corrected chi connectivity index (χ0v) is 27.5. The molecule has 2 bridgehead atoms. The molecule has 232 valence electrons. The summed E-state index contributed by atoms with van der Waals surface area (Å²) in [6, 6.07) is 34.0. The number of unbranched alkanes of at least 4 members (excludes halogenated alkanes) is 12. The van der Waals surface area contributed by atoms with E-state index < -0.39 is 13.2 Å². The van der Waals surface area contributed by atoms with Crippen molar-refractivity contribution in [2.24, 2.45) is 5.41 Å². The Balaban J connectivity index is 0.948. The van der Waals surface area contributed by atoms with Crippen LogP contribution in [0.5, 0.6) is 0 Å². The van der Waals surface area contributed by atoms with Gasteiger partial charge in [0, 0.05) is 11.8 Å². The Morgan fingerprint density at radius 2 is 0.791 bits per heavy atom. The fourth-order valence-electron chi connectivity index (χ4n) is 6.84. The van der Waals surface area contributed by atoms with Gasteiger partial charge < -0.3 is 14.2 Å². The van der Waals surface area contributed by atoms with Gasteiger partial charge in [-0.25, -0.2) is 0 Å². The lowest BCUT2D eigenvalue weighted by atomic mass is 9.91. The average Bonchev–Trinajstić information content (AvgIpc) is 3.07. The molecule has 3 fully saturated rings. The van der Waals surface area contributed by atoms with E-state index in [1.54, 1.807) is 0 Å². The Labute approximate surface area is 262 Å². The molecule has 3 nitrogen and oxygen atoms in total. The predicted molar refractivity (Wildman–Crippen MR) is 183 cm³/mol. The molecule has 6 rings (SSSR count). The van der Waals surface area contributed by atoms with E-state index in [1.165, 1.54) is 99.1 Å². The van der Waals surface area contributed by atoms with Crippen LogP contribution in [0, 0.1) is 5.41 Å². The van der Waals surface area contributed by atoms with E-state index in [0.717, 1.165) is 32.7 Å². The van der Waals surface area contributed by atoms with Crippen molar-refractivity contribution in [1.29, 1.82) is 0 Å². The molecule has 43 heavy (non-hydrogen) atoms. The van der Waals surface area contributed by atoms with Crippen LogP contribution in [0.1, 0.15) is 96.8 Å². The standard InChI is InChI=1S/C39H54O3P/c1-38-32-40-39(41-33-38,42-34-38)30-22-11-9-7-5-3-2-4-6-8-10-12-23-31-43(35-24-16-13-17-25-35,36-26-18-14-19-27-36)37-28-20-15-21-29-37/h13-21,24-29H,2-12,22-23,30-34H2,1H3/q+1. The van der Waals surface area contributed by atoms with Crippen molar-refractivity contribution in [3.8, 4) is 0 Å². The second-order valence-corrected chi connectivity index (χ2v) is 16.9. The highest BCUT2D eigenvalue weighted by atomic mass is 31.2. The first-order valence-electron chi connectivity index (χ1n) is 17.1. The number of benzene rings is 3. The first-order chi connectivity index (χ1) is 21.1. The molecule has 0 radical (unpaired) electrons. The van der Waals surface area contributed by atoms with Crippen molar-refractivity contribution < 1.29 is 14.2 Å². The smallest absolute Gasteiger partial charge is 0.282 e. The molecule has 3 aliphatic heterocycles. The van der Waals surface area contributed by atoms with Gasteiger partial charge in [0.05, 0.1) is 26.0 Å². The van der Waals surface area contributed by atoms with Crippen LogP contribution in [0.3, 0.4) is 0 Å². The zero-order chi connectivity index (χ0) is 29.7. The van der Waals surface area contributed by atoms with Gasteiger partial charge in [-0.1, -0.05) is 126 Å². The van der Waals surface area contributed by atoms with Gasteiger partial charge in [0.25, 0.3) is 5.97 Å². The van der Waals surface area contributed by atoms with E-state index in [1.807, 2.05) is 0 Å². The maximum atomic E-state index is 5.91. The van der Waals surface area contributed by atoms with Crippen molar-refractivity contribution in [2.45, 2.75) is 103 Å². The summed E-state index contributed by atoms with van der Waals surface area (Å²) in [5, 5.41) is 4.53. The highest BCUT2D eigenvalue weighted by molar-refractivity contribution is 7.95. The lowest BCUT2D eigenvalue weighted by molar-refractivity contribution is -0.467. The fraction of sp³-hybridized carbons (Fsp3) is 0.538. The van der Waals surface area contributed by atoms with Gasteiger partial charge in [-0.2, -0.15) is 0 Å². The molecule has 3 aromatic rings. The topological polar surface area (TPSA) is 27.7 Å². The minimum atomic E-state index is -1.67. The summed E-state index contributed by atoms with van der Waals surface area (Å²) in [5.74, 6) is -0.728. The van der Waals surface area contributed by atoms with Gasteiger partial charge in [-0.3, -0.25) is 0 Å². The fourth-order valence-corrected chi connectivity index (χ4v) is 11.2. The first-order valence-corrected chi connectivity index (χ1v) is 19.1. The van der Waals surface area contributed by atoms with Crippen molar-refractivity contribution >= 4 is 23.2 Å². The molecule has 0 saturated carbocycles. The second-order valence-electron chi connectivity index (χ2n) is 13.2. The number of fused-ring (bicyclic) bond motifs is 3. The van der Waals surface area contributed by atoms with Gasteiger partial charge in [-0.15, -0.1) is 0 Å². The summed E-state index contributed by atoms with van der Waals surface area (Å²) in [6.45, 7) is 4.48. The van der Waals surface area contributed by atoms with Gasteiger partial charge in [0.15, 0.2) is 0 Å².